The van der Waals surface area contributed by atoms with E-state index in [2.05, 4.69) is 35.4 Å². The number of fused-ring (bicyclic) bond motifs is 2. The molecule has 1 saturated heterocycles. The zero-order valence-electron chi connectivity index (χ0n) is 24.8. The molecule has 6 heterocycles. The van der Waals surface area contributed by atoms with E-state index in [1.54, 1.807) is 24.8 Å². The highest BCUT2D eigenvalue weighted by Gasteiger charge is 2.18. The molecule has 0 radical (unpaired) electrons. The molecule has 3 N–H and O–H groups in total. The molecule has 6 aromatic rings. The van der Waals surface area contributed by atoms with Crippen molar-refractivity contribution >= 4 is 33.7 Å². The summed E-state index contributed by atoms with van der Waals surface area (Å²) in [6.45, 7) is 5.43. The van der Waals surface area contributed by atoms with Crippen molar-refractivity contribution in [3.63, 3.8) is 0 Å². The van der Waals surface area contributed by atoms with Crippen molar-refractivity contribution < 1.29 is 13.9 Å². The number of rotatable bonds is 10. The van der Waals surface area contributed by atoms with Crippen molar-refractivity contribution in [1.29, 1.82) is 0 Å². The first-order valence-electron chi connectivity index (χ1n) is 15.1. The number of likely N-dealkylation sites (tertiary alicyclic amines) is 1. The smallest absolute Gasteiger partial charge is 0.224 e. The summed E-state index contributed by atoms with van der Waals surface area (Å²) in [5.41, 5.74) is 6.48. The summed E-state index contributed by atoms with van der Waals surface area (Å²) >= 11 is 0. The SMILES string of the molecule is CCCC(=O)Nc1cncc(-c2ccc3[nH]nc(-c4nc5c(-c6cc(F)cc(OCCN7CCCC7)c6)cncc5[nH]4)c3n2)c1. The van der Waals surface area contributed by atoms with Gasteiger partial charge in [-0.1, -0.05) is 6.92 Å². The number of nitrogens with one attached hydrogen (secondary N) is 3. The van der Waals surface area contributed by atoms with Crippen LogP contribution in [0.1, 0.15) is 32.6 Å². The van der Waals surface area contributed by atoms with Crippen LogP contribution in [0, 0.1) is 5.82 Å². The van der Waals surface area contributed by atoms with Gasteiger partial charge in [0.1, 0.15) is 23.7 Å². The van der Waals surface area contributed by atoms with Gasteiger partial charge in [0.2, 0.25) is 5.91 Å². The minimum atomic E-state index is -0.394. The van der Waals surface area contributed by atoms with Gasteiger partial charge >= 0.3 is 0 Å². The number of H-pyrrole nitrogens is 2. The molecule has 11 nitrogen and oxygen atoms in total. The maximum Gasteiger partial charge on any atom is 0.224 e. The molecule has 1 amide bonds. The van der Waals surface area contributed by atoms with Gasteiger partial charge in [-0.2, -0.15) is 5.10 Å². The van der Waals surface area contributed by atoms with Crippen LogP contribution in [-0.2, 0) is 4.79 Å². The summed E-state index contributed by atoms with van der Waals surface area (Å²) in [4.78, 5) is 36.2. The third-order valence-corrected chi connectivity index (χ3v) is 7.88. The number of aromatic nitrogens is 7. The van der Waals surface area contributed by atoms with Crippen LogP contribution in [-0.4, -0.2) is 72.2 Å². The Balaban J connectivity index is 1.19. The summed E-state index contributed by atoms with van der Waals surface area (Å²) in [5.74, 6) is 0.507. The summed E-state index contributed by atoms with van der Waals surface area (Å²) in [5, 5.41) is 10.4. The molecular formula is C33H32FN9O2. The number of ether oxygens (including phenoxy) is 1. The number of imidazole rings is 1. The largest absolute Gasteiger partial charge is 0.492 e. The highest BCUT2D eigenvalue weighted by atomic mass is 19.1. The monoisotopic (exact) mass is 605 g/mol. The van der Waals surface area contributed by atoms with E-state index in [-0.39, 0.29) is 5.91 Å². The van der Waals surface area contributed by atoms with E-state index in [0.717, 1.165) is 37.1 Å². The third kappa shape index (κ3) is 6.09. The Morgan fingerprint density at radius 1 is 0.978 bits per heavy atom. The average Bonchev–Trinajstić information content (AvgIpc) is 3.80. The van der Waals surface area contributed by atoms with Gasteiger partial charge in [0.05, 0.1) is 40.3 Å². The quantitative estimate of drug-likeness (QED) is 0.174. The van der Waals surface area contributed by atoms with Gasteiger partial charge < -0.3 is 15.0 Å². The lowest BCUT2D eigenvalue weighted by Gasteiger charge is -2.15. The fourth-order valence-corrected chi connectivity index (χ4v) is 5.68. The molecule has 0 saturated carbocycles. The van der Waals surface area contributed by atoms with Crippen LogP contribution in [0.3, 0.4) is 0 Å². The highest BCUT2D eigenvalue weighted by molar-refractivity contribution is 5.96. The number of pyridine rings is 3. The average molecular weight is 606 g/mol. The second-order valence-corrected chi connectivity index (χ2v) is 11.2. The Kier molecular flexibility index (Phi) is 7.87. The summed E-state index contributed by atoms with van der Waals surface area (Å²) in [6.07, 6.45) is 10.3. The third-order valence-electron chi connectivity index (χ3n) is 7.88. The molecule has 0 atom stereocenters. The van der Waals surface area contributed by atoms with Gasteiger partial charge in [-0.25, -0.2) is 14.4 Å². The molecule has 0 bridgehead atoms. The van der Waals surface area contributed by atoms with Crippen LogP contribution in [0.5, 0.6) is 5.75 Å². The van der Waals surface area contributed by atoms with Crippen molar-refractivity contribution in [2.75, 3.05) is 31.6 Å². The second kappa shape index (κ2) is 12.4. The van der Waals surface area contributed by atoms with E-state index in [9.17, 15) is 9.18 Å². The summed E-state index contributed by atoms with van der Waals surface area (Å²) in [6, 6.07) is 10.3. The molecule has 0 spiro atoms. The molecular weight excluding hydrogens is 573 g/mol. The van der Waals surface area contributed by atoms with Crippen molar-refractivity contribution in [2.24, 2.45) is 0 Å². The fourth-order valence-electron chi connectivity index (χ4n) is 5.68. The van der Waals surface area contributed by atoms with Crippen molar-refractivity contribution in [1.82, 2.24) is 40.0 Å². The number of hydrogen-bond acceptors (Lipinski definition) is 8. The number of hydrogen-bond donors (Lipinski definition) is 3. The predicted molar refractivity (Wildman–Crippen MR) is 170 cm³/mol. The van der Waals surface area contributed by atoms with Gasteiger partial charge in [0, 0.05) is 42.6 Å². The summed E-state index contributed by atoms with van der Waals surface area (Å²) in [7, 11) is 0. The molecule has 1 fully saturated rings. The van der Waals surface area contributed by atoms with E-state index in [1.807, 2.05) is 31.2 Å². The minimum Gasteiger partial charge on any atom is -0.492 e. The number of aromatic amines is 2. The highest BCUT2D eigenvalue weighted by Crippen LogP contribution is 2.33. The Morgan fingerprint density at radius 3 is 2.71 bits per heavy atom. The van der Waals surface area contributed by atoms with Gasteiger partial charge in [-0.05, 0) is 68.2 Å². The summed E-state index contributed by atoms with van der Waals surface area (Å²) < 4.78 is 20.7. The topological polar surface area (TPSA) is 138 Å². The lowest BCUT2D eigenvalue weighted by atomic mass is 10.1. The lowest BCUT2D eigenvalue weighted by molar-refractivity contribution is -0.116. The molecule has 0 unspecified atom stereocenters. The van der Waals surface area contributed by atoms with Crippen molar-refractivity contribution in [2.45, 2.75) is 32.6 Å². The lowest BCUT2D eigenvalue weighted by Crippen LogP contribution is -2.25. The maximum atomic E-state index is 14.8. The van der Waals surface area contributed by atoms with Crippen LogP contribution in [0.15, 0.2) is 61.2 Å². The van der Waals surface area contributed by atoms with Crippen LogP contribution in [0.4, 0.5) is 10.1 Å². The standard InChI is InChI=1S/C33H32FN9O2/c1-2-5-29(44)37-23-13-21(16-35-17-23)26-6-7-27-31(38-26)32(42-41-27)33-39-28-19-36-18-25(30(28)40-33)20-12-22(34)15-24(14-20)45-11-10-43-8-3-4-9-43/h6-7,12-19H,2-5,8-11H2,1H3,(H,37,44)(H,39,40)(H,41,42). The Hall–Kier alpha value is -5.23. The number of anilines is 1. The first kappa shape index (κ1) is 28.5. The first-order chi connectivity index (χ1) is 22.0. The number of halogens is 1. The zero-order valence-corrected chi connectivity index (χ0v) is 24.8. The second-order valence-electron chi connectivity index (χ2n) is 11.2. The normalized spacial score (nSPS) is 13.6. The molecule has 228 valence electrons. The van der Waals surface area contributed by atoms with Crippen LogP contribution in [0.2, 0.25) is 0 Å². The van der Waals surface area contributed by atoms with Crippen LogP contribution in [0.25, 0.3) is 56.0 Å². The molecule has 12 heteroatoms. The van der Waals surface area contributed by atoms with E-state index in [4.69, 9.17) is 14.7 Å². The van der Waals surface area contributed by atoms with Gasteiger partial charge in [0.25, 0.3) is 0 Å². The first-order valence-corrected chi connectivity index (χ1v) is 15.1. The number of carbonyl (C=O) groups is 1. The van der Waals surface area contributed by atoms with Crippen molar-refractivity contribution in [3.8, 4) is 39.7 Å². The number of benzene rings is 1. The molecule has 1 aliphatic heterocycles. The minimum absolute atomic E-state index is 0.0600. The Morgan fingerprint density at radius 2 is 1.84 bits per heavy atom. The van der Waals surface area contributed by atoms with Crippen LogP contribution < -0.4 is 10.1 Å². The van der Waals surface area contributed by atoms with Gasteiger partial charge in [0.15, 0.2) is 11.5 Å². The molecule has 45 heavy (non-hydrogen) atoms. The molecule has 0 aliphatic carbocycles. The van der Waals surface area contributed by atoms with E-state index < -0.39 is 5.82 Å². The zero-order chi connectivity index (χ0) is 30.8. The van der Waals surface area contributed by atoms with Crippen molar-refractivity contribution in [3.05, 3.63) is 67.0 Å². The van der Waals surface area contributed by atoms with Crippen LogP contribution >= 0.6 is 0 Å². The molecule has 7 rings (SSSR count). The Bertz CT molecular complexity index is 2000. The molecule has 1 aliphatic rings. The van der Waals surface area contributed by atoms with E-state index >= 15 is 0 Å². The van der Waals surface area contributed by atoms with Gasteiger partial charge in [-0.15, -0.1) is 0 Å². The van der Waals surface area contributed by atoms with E-state index in [1.165, 1.54) is 25.0 Å². The molecule has 1 aromatic carbocycles. The fraction of sp³-hybridized carbons (Fsp3) is 0.273. The number of nitrogens with zero attached hydrogens (tertiary/aromatic N) is 6. The molecule has 5 aromatic heterocycles. The van der Waals surface area contributed by atoms with E-state index in [0.29, 0.717) is 69.4 Å². The predicted octanol–water partition coefficient (Wildman–Crippen LogP) is 5.98. The number of carbonyl (C=O) groups excluding carboxylic acids is 1. The maximum absolute atomic E-state index is 14.8. The number of amides is 1. The Labute approximate surface area is 258 Å². The van der Waals surface area contributed by atoms with Gasteiger partial charge in [-0.3, -0.25) is 24.8 Å².